The molecule has 1 atom stereocenters. The van der Waals surface area contributed by atoms with E-state index in [4.69, 9.17) is 0 Å². The average molecular weight is 373 g/mol. The number of hydrogen-bond acceptors (Lipinski definition) is 2. The highest BCUT2D eigenvalue weighted by Crippen LogP contribution is 2.22. The molecule has 0 aromatic heterocycles. The summed E-state index contributed by atoms with van der Waals surface area (Å²) >= 11 is 0. The SMILES string of the molecule is CC(C)c1ccc(C(C)CC(=O)NCc2ccc3c(c2)CNC3)cc1.Cl. The zero-order valence-electron chi connectivity index (χ0n) is 15.8. The van der Waals surface area contributed by atoms with Crippen molar-refractivity contribution < 1.29 is 4.79 Å². The topological polar surface area (TPSA) is 41.1 Å². The number of benzene rings is 2. The Morgan fingerprint density at radius 3 is 2.35 bits per heavy atom. The van der Waals surface area contributed by atoms with Gasteiger partial charge in [-0.2, -0.15) is 0 Å². The number of halogens is 1. The average Bonchev–Trinajstić information content (AvgIpc) is 3.07. The summed E-state index contributed by atoms with van der Waals surface area (Å²) in [6.07, 6.45) is 0.521. The monoisotopic (exact) mass is 372 g/mol. The fourth-order valence-electron chi connectivity index (χ4n) is 3.34. The molecule has 0 spiro atoms. The van der Waals surface area contributed by atoms with Crippen LogP contribution in [0.3, 0.4) is 0 Å². The molecule has 0 bridgehead atoms. The van der Waals surface area contributed by atoms with Crippen molar-refractivity contribution >= 4 is 18.3 Å². The minimum Gasteiger partial charge on any atom is -0.352 e. The second kappa shape index (κ2) is 9.20. The molecule has 0 fully saturated rings. The van der Waals surface area contributed by atoms with Crippen molar-refractivity contribution in [3.63, 3.8) is 0 Å². The third-order valence-electron chi connectivity index (χ3n) is 5.06. The maximum atomic E-state index is 12.3. The number of rotatable bonds is 6. The van der Waals surface area contributed by atoms with Gasteiger partial charge in [0.25, 0.3) is 0 Å². The molecule has 2 aromatic carbocycles. The van der Waals surface area contributed by atoms with Crippen molar-refractivity contribution in [1.82, 2.24) is 10.6 Å². The summed E-state index contributed by atoms with van der Waals surface area (Å²) in [6, 6.07) is 15.1. The zero-order valence-corrected chi connectivity index (χ0v) is 16.7. The summed E-state index contributed by atoms with van der Waals surface area (Å²) in [6.45, 7) is 8.99. The zero-order chi connectivity index (χ0) is 17.8. The van der Waals surface area contributed by atoms with Gasteiger partial charge in [0.2, 0.25) is 5.91 Å². The summed E-state index contributed by atoms with van der Waals surface area (Å²) in [5.74, 6) is 0.875. The quantitative estimate of drug-likeness (QED) is 0.775. The van der Waals surface area contributed by atoms with Crippen LogP contribution in [-0.4, -0.2) is 5.91 Å². The van der Waals surface area contributed by atoms with Crippen molar-refractivity contribution in [3.8, 4) is 0 Å². The molecule has 2 aromatic rings. The Hall–Kier alpha value is -1.84. The summed E-state index contributed by atoms with van der Waals surface area (Å²) < 4.78 is 0. The highest BCUT2D eigenvalue weighted by molar-refractivity contribution is 5.85. The van der Waals surface area contributed by atoms with Gasteiger partial charge in [0, 0.05) is 26.1 Å². The molecule has 0 saturated carbocycles. The number of fused-ring (bicyclic) bond motifs is 1. The van der Waals surface area contributed by atoms with Gasteiger partial charge >= 0.3 is 0 Å². The van der Waals surface area contributed by atoms with Crippen LogP contribution < -0.4 is 10.6 Å². The lowest BCUT2D eigenvalue weighted by Crippen LogP contribution is -2.24. The predicted molar refractivity (Wildman–Crippen MR) is 110 cm³/mol. The Kier molecular flexibility index (Phi) is 7.24. The summed E-state index contributed by atoms with van der Waals surface area (Å²) in [4.78, 5) is 12.3. The van der Waals surface area contributed by atoms with Crippen LogP contribution in [0.25, 0.3) is 0 Å². The van der Waals surface area contributed by atoms with Crippen LogP contribution in [0.15, 0.2) is 42.5 Å². The first kappa shape index (κ1) is 20.5. The van der Waals surface area contributed by atoms with Gasteiger partial charge in [0.15, 0.2) is 0 Å². The van der Waals surface area contributed by atoms with E-state index in [9.17, 15) is 4.79 Å². The van der Waals surface area contributed by atoms with E-state index in [0.29, 0.717) is 18.9 Å². The Balaban J connectivity index is 0.00000243. The van der Waals surface area contributed by atoms with E-state index in [1.165, 1.54) is 27.8 Å². The lowest BCUT2D eigenvalue weighted by molar-refractivity contribution is -0.121. The van der Waals surface area contributed by atoms with E-state index in [-0.39, 0.29) is 24.2 Å². The molecule has 1 heterocycles. The van der Waals surface area contributed by atoms with Gasteiger partial charge in [-0.05, 0) is 39.7 Å². The molecular formula is C22H29ClN2O. The number of carbonyl (C=O) groups is 1. The predicted octanol–water partition coefficient (Wildman–Crippen LogP) is 4.65. The maximum absolute atomic E-state index is 12.3. The standard InChI is InChI=1S/C22H28N2O.ClH/c1-15(2)18-6-8-19(9-7-18)16(3)10-22(25)24-12-17-4-5-20-13-23-14-21(20)11-17;/h4-9,11,15-16,23H,10,12-14H2,1-3H3,(H,24,25);1H. The Morgan fingerprint density at radius 2 is 1.65 bits per heavy atom. The van der Waals surface area contributed by atoms with E-state index in [1.807, 2.05) is 0 Å². The number of hydrogen-bond donors (Lipinski definition) is 2. The van der Waals surface area contributed by atoms with E-state index >= 15 is 0 Å². The number of carbonyl (C=O) groups excluding carboxylic acids is 1. The molecule has 1 amide bonds. The molecular weight excluding hydrogens is 344 g/mol. The van der Waals surface area contributed by atoms with Crippen LogP contribution in [0, 0.1) is 0 Å². The summed E-state index contributed by atoms with van der Waals surface area (Å²) in [7, 11) is 0. The van der Waals surface area contributed by atoms with Gasteiger partial charge < -0.3 is 10.6 Å². The third-order valence-corrected chi connectivity index (χ3v) is 5.06. The van der Waals surface area contributed by atoms with E-state index in [1.54, 1.807) is 0 Å². The van der Waals surface area contributed by atoms with Crippen LogP contribution >= 0.6 is 12.4 Å². The van der Waals surface area contributed by atoms with E-state index in [0.717, 1.165) is 13.1 Å². The van der Waals surface area contributed by atoms with E-state index in [2.05, 4.69) is 73.9 Å². The molecule has 4 heteroatoms. The first-order chi connectivity index (χ1) is 12.0. The van der Waals surface area contributed by atoms with Gasteiger partial charge in [0.05, 0.1) is 0 Å². The van der Waals surface area contributed by atoms with E-state index < -0.39 is 0 Å². The molecule has 140 valence electrons. The highest BCUT2D eigenvalue weighted by atomic mass is 35.5. The molecule has 0 saturated heterocycles. The van der Waals surface area contributed by atoms with Crippen LogP contribution in [0.2, 0.25) is 0 Å². The molecule has 1 aliphatic heterocycles. The summed E-state index contributed by atoms with van der Waals surface area (Å²) in [5.41, 5.74) is 6.46. The molecule has 0 aliphatic carbocycles. The molecule has 2 N–H and O–H groups in total. The lowest BCUT2D eigenvalue weighted by Gasteiger charge is -2.14. The smallest absolute Gasteiger partial charge is 0.220 e. The number of amides is 1. The fourth-order valence-corrected chi connectivity index (χ4v) is 3.34. The molecule has 3 nitrogen and oxygen atoms in total. The minimum absolute atomic E-state index is 0. The molecule has 1 aliphatic rings. The van der Waals surface area contributed by atoms with Gasteiger partial charge in [0.1, 0.15) is 0 Å². The Morgan fingerprint density at radius 1 is 1.00 bits per heavy atom. The molecule has 1 unspecified atom stereocenters. The molecule has 26 heavy (non-hydrogen) atoms. The fraction of sp³-hybridized carbons (Fsp3) is 0.409. The Labute approximate surface area is 163 Å². The van der Waals surface area contributed by atoms with Crippen molar-refractivity contribution in [2.24, 2.45) is 0 Å². The second-order valence-corrected chi connectivity index (χ2v) is 7.41. The van der Waals surface area contributed by atoms with Crippen LogP contribution in [0.5, 0.6) is 0 Å². The van der Waals surface area contributed by atoms with Crippen molar-refractivity contribution in [2.45, 2.75) is 58.7 Å². The van der Waals surface area contributed by atoms with Crippen molar-refractivity contribution in [1.29, 1.82) is 0 Å². The van der Waals surface area contributed by atoms with Crippen LogP contribution in [-0.2, 0) is 24.4 Å². The highest BCUT2D eigenvalue weighted by Gasteiger charge is 2.13. The van der Waals surface area contributed by atoms with Crippen molar-refractivity contribution in [3.05, 3.63) is 70.3 Å². The van der Waals surface area contributed by atoms with Gasteiger partial charge in [-0.15, -0.1) is 12.4 Å². The third kappa shape index (κ3) is 5.09. The van der Waals surface area contributed by atoms with Gasteiger partial charge in [-0.3, -0.25) is 4.79 Å². The lowest BCUT2D eigenvalue weighted by atomic mass is 9.94. The first-order valence-electron chi connectivity index (χ1n) is 9.21. The normalized spacial score (nSPS) is 13.8. The van der Waals surface area contributed by atoms with Crippen LogP contribution in [0.1, 0.15) is 66.8 Å². The Bertz CT molecular complexity index is 740. The molecule has 3 rings (SSSR count). The minimum atomic E-state index is 0. The van der Waals surface area contributed by atoms with Gasteiger partial charge in [-0.1, -0.05) is 63.2 Å². The van der Waals surface area contributed by atoms with Crippen LogP contribution in [0.4, 0.5) is 0 Å². The summed E-state index contributed by atoms with van der Waals surface area (Å²) in [5, 5.41) is 6.41. The van der Waals surface area contributed by atoms with Gasteiger partial charge in [-0.25, -0.2) is 0 Å². The van der Waals surface area contributed by atoms with Crippen molar-refractivity contribution in [2.75, 3.05) is 0 Å². The second-order valence-electron chi connectivity index (χ2n) is 7.41. The first-order valence-corrected chi connectivity index (χ1v) is 9.21. The number of nitrogens with one attached hydrogen (secondary N) is 2. The maximum Gasteiger partial charge on any atom is 0.220 e. The largest absolute Gasteiger partial charge is 0.352 e. The molecule has 0 radical (unpaired) electrons.